The molecule has 0 spiro atoms. The van der Waals surface area contributed by atoms with E-state index in [0.29, 0.717) is 12.0 Å². The fraction of sp³-hybridized carbons (Fsp3) is 0.533. The first-order valence-corrected chi connectivity index (χ1v) is 7.32. The molecule has 21 heavy (non-hydrogen) atoms. The minimum Gasteiger partial charge on any atom is -0.325 e. The van der Waals surface area contributed by atoms with Crippen LogP contribution in [0.15, 0.2) is 18.2 Å². The van der Waals surface area contributed by atoms with Crippen LogP contribution in [0.3, 0.4) is 0 Å². The lowest BCUT2D eigenvalue weighted by Gasteiger charge is -2.36. The van der Waals surface area contributed by atoms with Gasteiger partial charge in [0.25, 0.3) is 0 Å². The van der Waals surface area contributed by atoms with Crippen molar-refractivity contribution in [2.45, 2.75) is 18.9 Å². The van der Waals surface area contributed by atoms with Gasteiger partial charge in [0.2, 0.25) is 5.91 Å². The lowest BCUT2D eigenvalue weighted by Crippen LogP contribution is -2.48. The molecule has 0 aromatic heterocycles. The molecule has 1 amide bonds. The average Bonchev–Trinajstić information content (AvgIpc) is 2.86. The van der Waals surface area contributed by atoms with Crippen molar-refractivity contribution in [2.24, 2.45) is 5.92 Å². The van der Waals surface area contributed by atoms with Crippen molar-refractivity contribution in [3.05, 3.63) is 29.8 Å². The minimum absolute atomic E-state index is 0.163. The minimum atomic E-state index is -0.691. The standard InChI is InChI=1S/C15H19F2N3O/c16-11-4-12(17)6-13(5-11)19-15(21)9-20-3-1-2-10-7-18-8-14(10)20/h4-6,10,14,18H,1-3,7-9H2,(H,19,21). The number of nitrogens with one attached hydrogen (secondary N) is 2. The van der Waals surface area contributed by atoms with E-state index in [0.717, 1.165) is 44.3 Å². The Kier molecular flexibility index (Phi) is 4.17. The van der Waals surface area contributed by atoms with Crippen molar-refractivity contribution in [3.8, 4) is 0 Å². The fourth-order valence-electron chi connectivity index (χ4n) is 3.37. The van der Waals surface area contributed by atoms with Gasteiger partial charge < -0.3 is 10.6 Å². The third kappa shape index (κ3) is 3.39. The smallest absolute Gasteiger partial charge is 0.238 e. The van der Waals surface area contributed by atoms with Crippen molar-refractivity contribution in [3.63, 3.8) is 0 Å². The van der Waals surface area contributed by atoms with Crippen LogP contribution in [0, 0.1) is 17.6 Å². The molecule has 0 radical (unpaired) electrons. The molecule has 1 aromatic rings. The molecular weight excluding hydrogens is 276 g/mol. The van der Waals surface area contributed by atoms with Gasteiger partial charge in [0.05, 0.1) is 6.54 Å². The summed E-state index contributed by atoms with van der Waals surface area (Å²) in [4.78, 5) is 14.2. The molecule has 0 aliphatic carbocycles. The molecule has 2 heterocycles. The highest BCUT2D eigenvalue weighted by Crippen LogP contribution is 2.26. The second-order valence-electron chi connectivity index (χ2n) is 5.80. The molecule has 2 saturated heterocycles. The van der Waals surface area contributed by atoms with Gasteiger partial charge in [-0.1, -0.05) is 0 Å². The van der Waals surface area contributed by atoms with E-state index in [1.165, 1.54) is 6.42 Å². The first-order valence-electron chi connectivity index (χ1n) is 7.32. The largest absolute Gasteiger partial charge is 0.325 e. The number of hydrogen-bond donors (Lipinski definition) is 2. The summed E-state index contributed by atoms with van der Waals surface area (Å²) in [6.07, 6.45) is 2.29. The molecule has 2 N–H and O–H groups in total. The van der Waals surface area contributed by atoms with E-state index in [1.54, 1.807) is 0 Å². The predicted molar refractivity (Wildman–Crippen MR) is 75.9 cm³/mol. The van der Waals surface area contributed by atoms with Crippen molar-refractivity contribution in [1.82, 2.24) is 10.2 Å². The van der Waals surface area contributed by atoms with E-state index < -0.39 is 11.6 Å². The molecule has 2 aliphatic rings. The van der Waals surface area contributed by atoms with Gasteiger partial charge in [-0.25, -0.2) is 8.78 Å². The molecule has 2 fully saturated rings. The van der Waals surface area contributed by atoms with Crippen LogP contribution in [-0.2, 0) is 4.79 Å². The van der Waals surface area contributed by atoms with Crippen LogP contribution in [0.25, 0.3) is 0 Å². The maximum absolute atomic E-state index is 13.1. The molecule has 2 unspecified atom stereocenters. The SMILES string of the molecule is O=C(CN1CCCC2CNCC21)Nc1cc(F)cc(F)c1. The third-order valence-corrected chi connectivity index (χ3v) is 4.29. The van der Waals surface area contributed by atoms with Gasteiger partial charge in [-0.05, 0) is 44.0 Å². The zero-order valence-electron chi connectivity index (χ0n) is 11.7. The van der Waals surface area contributed by atoms with Gasteiger partial charge >= 0.3 is 0 Å². The summed E-state index contributed by atoms with van der Waals surface area (Å²) in [7, 11) is 0. The Labute approximate surface area is 122 Å². The van der Waals surface area contributed by atoms with Crippen LogP contribution < -0.4 is 10.6 Å². The number of benzene rings is 1. The van der Waals surface area contributed by atoms with Gasteiger partial charge in [0, 0.05) is 24.3 Å². The van der Waals surface area contributed by atoms with Gasteiger partial charge in [0.15, 0.2) is 0 Å². The molecule has 0 saturated carbocycles. The van der Waals surface area contributed by atoms with E-state index in [4.69, 9.17) is 0 Å². The number of anilines is 1. The summed E-state index contributed by atoms with van der Waals surface area (Å²) in [6, 6.07) is 3.43. The highest BCUT2D eigenvalue weighted by atomic mass is 19.1. The van der Waals surface area contributed by atoms with E-state index >= 15 is 0 Å². The third-order valence-electron chi connectivity index (χ3n) is 4.29. The van der Waals surface area contributed by atoms with Crippen molar-refractivity contribution < 1.29 is 13.6 Å². The number of nitrogens with zero attached hydrogens (tertiary/aromatic N) is 1. The number of hydrogen-bond acceptors (Lipinski definition) is 3. The molecule has 1 aromatic carbocycles. The fourth-order valence-corrected chi connectivity index (χ4v) is 3.37. The van der Waals surface area contributed by atoms with Crippen LogP contribution in [0.5, 0.6) is 0 Å². The molecule has 2 atom stereocenters. The number of halogens is 2. The maximum Gasteiger partial charge on any atom is 0.238 e. The highest BCUT2D eigenvalue weighted by molar-refractivity contribution is 5.92. The van der Waals surface area contributed by atoms with Gasteiger partial charge in [-0.15, -0.1) is 0 Å². The zero-order chi connectivity index (χ0) is 14.8. The van der Waals surface area contributed by atoms with Gasteiger partial charge in [0.1, 0.15) is 11.6 Å². The van der Waals surface area contributed by atoms with E-state index in [9.17, 15) is 13.6 Å². The van der Waals surface area contributed by atoms with Gasteiger partial charge in [-0.2, -0.15) is 0 Å². The lowest BCUT2D eigenvalue weighted by atomic mass is 9.92. The van der Waals surface area contributed by atoms with E-state index in [1.807, 2.05) is 0 Å². The highest BCUT2D eigenvalue weighted by Gasteiger charge is 2.35. The second-order valence-corrected chi connectivity index (χ2v) is 5.80. The zero-order valence-corrected chi connectivity index (χ0v) is 11.7. The van der Waals surface area contributed by atoms with Crippen LogP contribution in [-0.4, -0.2) is 43.0 Å². The summed E-state index contributed by atoms with van der Waals surface area (Å²) in [5.41, 5.74) is 0.163. The molecular formula is C15H19F2N3O. The van der Waals surface area contributed by atoms with Crippen molar-refractivity contribution >= 4 is 11.6 Å². The Hall–Kier alpha value is -1.53. The molecule has 4 nitrogen and oxygen atoms in total. The summed E-state index contributed by atoms with van der Waals surface area (Å²) < 4.78 is 26.2. The maximum atomic E-state index is 13.1. The summed E-state index contributed by atoms with van der Waals surface area (Å²) in [5, 5.41) is 5.93. The monoisotopic (exact) mass is 295 g/mol. The van der Waals surface area contributed by atoms with E-state index in [-0.39, 0.29) is 18.1 Å². The number of carbonyl (C=O) groups is 1. The molecule has 2 aliphatic heterocycles. The Morgan fingerprint density at radius 2 is 2.05 bits per heavy atom. The number of amides is 1. The van der Waals surface area contributed by atoms with Gasteiger partial charge in [-0.3, -0.25) is 9.69 Å². The van der Waals surface area contributed by atoms with Crippen LogP contribution in [0.1, 0.15) is 12.8 Å². The molecule has 6 heteroatoms. The average molecular weight is 295 g/mol. The number of carbonyl (C=O) groups excluding carboxylic acids is 1. The Morgan fingerprint density at radius 1 is 1.29 bits per heavy atom. The van der Waals surface area contributed by atoms with Crippen LogP contribution >= 0.6 is 0 Å². The van der Waals surface area contributed by atoms with Crippen LogP contribution in [0.4, 0.5) is 14.5 Å². The Morgan fingerprint density at radius 3 is 2.81 bits per heavy atom. The molecule has 3 rings (SSSR count). The van der Waals surface area contributed by atoms with E-state index in [2.05, 4.69) is 15.5 Å². The number of fused-ring (bicyclic) bond motifs is 1. The first-order chi connectivity index (χ1) is 10.1. The Balaban J connectivity index is 1.60. The summed E-state index contributed by atoms with van der Waals surface area (Å²) in [5.74, 6) is -1.00. The molecule has 0 bridgehead atoms. The topological polar surface area (TPSA) is 44.4 Å². The van der Waals surface area contributed by atoms with Crippen molar-refractivity contribution in [1.29, 1.82) is 0 Å². The normalized spacial score (nSPS) is 25.6. The second kappa shape index (κ2) is 6.07. The van der Waals surface area contributed by atoms with Crippen LogP contribution in [0.2, 0.25) is 0 Å². The van der Waals surface area contributed by atoms with Crippen molar-refractivity contribution in [2.75, 3.05) is 31.5 Å². The quantitative estimate of drug-likeness (QED) is 0.890. The number of likely N-dealkylation sites (tertiary alicyclic amines) is 1. The first kappa shape index (κ1) is 14.4. The number of rotatable bonds is 3. The summed E-state index contributed by atoms with van der Waals surface area (Å²) >= 11 is 0. The predicted octanol–water partition coefficient (Wildman–Crippen LogP) is 1.59. The Bertz CT molecular complexity index is 517. The summed E-state index contributed by atoms with van der Waals surface area (Å²) in [6.45, 7) is 3.08. The molecule has 114 valence electrons. The number of piperidine rings is 1. The lowest BCUT2D eigenvalue weighted by molar-refractivity contribution is -0.118.